The van der Waals surface area contributed by atoms with Crippen molar-refractivity contribution in [3.63, 3.8) is 0 Å². The van der Waals surface area contributed by atoms with Crippen LogP contribution in [0.1, 0.15) is 133 Å². The first-order valence-electron chi connectivity index (χ1n) is 17.7. The van der Waals surface area contributed by atoms with Gasteiger partial charge in [0.15, 0.2) is 0 Å². The molecule has 43 heavy (non-hydrogen) atoms. The zero-order chi connectivity index (χ0) is 30.4. The van der Waals surface area contributed by atoms with Crippen LogP contribution in [0.25, 0.3) is 0 Å². The molecule has 0 radical (unpaired) electrons. The summed E-state index contributed by atoms with van der Waals surface area (Å²) in [6.45, 7) is 25.4. The highest BCUT2D eigenvalue weighted by atomic mass is 15.3. The molecule has 0 amide bonds. The lowest BCUT2D eigenvalue weighted by Gasteiger charge is -2.50. The number of benzene rings is 2. The maximum absolute atomic E-state index is 2.90. The van der Waals surface area contributed by atoms with Gasteiger partial charge in [-0.15, -0.1) is 0 Å². The molecule has 4 fully saturated rings. The first kappa shape index (κ1) is 31.3. The van der Waals surface area contributed by atoms with Crippen molar-refractivity contribution in [1.29, 1.82) is 0 Å². The molecule has 6 rings (SSSR count). The predicted octanol–water partition coefficient (Wildman–Crippen LogP) is 8.22. The van der Waals surface area contributed by atoms with E-state index in [4.69, 9.17) is 0 Å². The van der Waals surface area contributed by atoms with Gasteiger partial charge in [0, 0.05) is 68.5 Å². The van der Waals surface area contributed by atoms with E-state index in [9.17, 15) is 0 Å². The van der Waals surface area contributed by atoms with Crippen LogP contribution in [0.5, 0.6) is 0 Å². The Labute approximate surface area is 263 Å². The first-order chi connectivity index (χ1) is 20.6. The van der Waals surface area contributed by atoms with Crippen LogP contribution in [-0.2, 0) is 0 Å². The van der Waals surface area contributed by atoms with Crippen molar-refractivity contribution in [2.24, 2.45) is 0 Å². The summed E-state index contributed by atoms with van der Waals surface area (Å²) >= 11 is 0. The lowest BCUT2D eigenvalue weighted by atomic mass is 9.82. The second-order valence-electron chi connectivity index (χ2n) is 16.0. The van der Waals surface area contributed by atoms with Crippen molar-refractivity contribution in [3.8, 4) is 0 Å². The van der Waals surface area contributed by atoms with Crippen LogP contribution in [0.15, 0.2) is 48.5 Å². The molecule has 4 nitrogen and oxygen atoms in total. The monoisotopic (exact) mass is 584 g/mol. The third kappa shape index (κ3) is 6.93. The Morgan fingerprint density at radius 3 is 2.00 bits per heavy atom. The number of piperazine rings is 2. The fraction of sp³-hybridized carbons (Fsp3) is 0.692. The molecule has 2 aliphatic heterocycles. The smallest absolute Gasteiger partial charge is 0.0483 e. The molecule has 4 heteroatoms. The van der Waals surface area contributed by atoms with Gasteiger partial charge >= 0.3 is 0 Å². The molecular formula is C39H60N4. The SMILES string of the molecule is CCN1CCN(C(C)(C)CCC(C)c2ccccc2C2CN(C3CC3)CCN2C(C)(C)C)C(c2ccccc2C2CC2)C1. The average Bonchev–Trinajstić information content (AvgIpc) is 3.93. The molecule has 0 spiro atoms. The molecule has 2 aromatic rings. The molecular weight excluding hydrogens is 524 g/mol. The van der Waals surface area contributed by atoms with Gasteiger partial charge in [-0.1, -0.05) is 62.4 Å². The van der Waals surface area contributed by atoms with E-state index in [-0.39, 0.29) is 11.1 Å². The second kappa shape index (κ2) is 12.6. The average molecular weight is 585 g/mol. The fourth-order valence-corrected chi connectivity index (χ4v) is 8.47. The van der Waals surface area contributed by atoms with E-state index in [1.54, 1.807) is 22.3 Å². The van der Waals surface area contributed by atoms with Crippen molar-refractivity contribution in [2.45, 2.75) is 128 Å². The summed E-state index contributed by atoms with van der Waals surface area (Å²) in [5.74, 6) is 1.33. The van der Waals surface area contributed by atoms with Gasteiger partial charge in [0.1, 0.15) is 0 Å². The van der Waals surface area contributed by atoms with Gasteiger partial charge in [-0.2, -0.15) is 0 Å². The summed E-state index contributed by atoms with van der Waals surface area (Å²) in [4.78, 5) is 11.2. The Hall–Kier alpha value is -1.72. The molecule has 2 saturated carbocycles. The van der Waals surface area contributed by atoms with E-state index >= 15 is 0 Å². The van der Waals surface area contributed by atoms with E-state index < -0.39 is 0 Å². The summed E-state index contributed by atoms with van der Waals surface area (Å²) in [6.07, 6.45) is 7.98. The Morgan fingerprint density at radius 1 is 0.721 bits per heavy atom. The van der Waals surface area contributed by atoms with Gasteiger partial charge in [0.2, 0.25) is 0 Å². The highest BCUT2D eigenvalue weighted by Crippen LogP contribution is 2.46. The van der Waals surface area contributed by atoms with E-state index in [0.29, 0.717) is 18.0 Å². The Morgan fingerprint density at radius 2 is 1.35 bits per heavy atom. The summed E-state index contributed by atoms with van der Waals surface area (Å²) in [5, 5.41) is 0. The van der Waals surface area contributed by atoms with Gasteiger partial charge in [0.05, 0.1) is 0 Å². The van der Waals surface area contributed by atoms with Gasteiger partial charge in [-0.05, 0) is 114 Å². The van der Waals surface area contributed by atoms with Crippen molar-refractivity contribution in [1.82, 2.24) is 19.6 Å². The normalized spacial score (nSPS) is 26.1. The summed E-state index contributed by atoms with van der Waals surface area (Å²) in [7, 11) is 0. The lowest BCUT2D eigenvalue weighted by Crippen LogP contribution is -2.56. The number of likely N-dealkylation sites (N-methyl/N-ethyl adjacent to an activating group) is 1. The quantitative estimate of drug-likeness (QED) is 0.279. The predicted molar refractivity (Wildman–Crippen MR) is 182 cm³/mol. The molecule has 2 aromatic carbocycles. The van der Waals surface area contributed by atoms with Crippen molar-refractivity contribution >= 4 is 0 Å². The van der Waals surface area contributed by atoms with Crippen LogP contribution >= 0.6 is 0 Å². The molecule has 2 heterocycles. The number of rotatable bonds is 10. The minimum absolute atomic E-state index is 0.148. The molecule has 3 unspecified atom stereocenters. The van der Waals surface area contributed by atoms with Crippen molar-refractivity contribution < 1.29 is 0 Å². The third-order valence-corrected chi connectivity index (χ3v) is 11.5. The van der Waals surface area contributed by atoms with E-state index in [2.05, 4.69) is 117 Å². The van der Waals surface area contributed by atoms with E-state index in [1.807, 2.05) is 0 Å². The molecule has 236 valence electrons. The number of nitrogens with zero attached hydrogens (tertiary/aromatic N) is 4. The standard InChI is InChI=1S/C39H60N4/c1-8-40-23-25-43(36(27-40)35-16-12-10-14-33(35)30-17-18-30)39(6,7)22-21-29(2)32-13-9-11-15-34(32)37-28-41(31-19-20-31)24-26-42(37)38(3,4)5/h9-16,29-31,36-37H,8,17-28H2,1-7H3. The third-order valence-electron chi connectivity index (χ3n) is 11.5. The Balaban J connectivity index is 1.21. The summed E-state index contributed by atoms with van der Waals surface area (Å²) in [5.41, 5.74) is 6.72. The van der Waals surface area contributed by atoms with Crippen LogP contribution in [0.4, 0.5) is 0 Å². The van der Waals surface area contributed by atoms with Crippen LogP contribution in [0.3, 0.4) is 0 Å². The lowest BCUT2D eigenvalue weighted by molar-refractivity contribution is -0.00405. The van der Waals surface area contributed by atoms with Crippen LogP contribution < -0.4 is 0 Å². The van der Waals surface area contributed by atoms with Crippen LogP contribution in [0, 0.1) is 0 Å². The molecule has 2 saturated heterocycles. The molecule has 3 atom stereocenters. The molecule has 0 aromatic heterocycles. The van der Waals surface area contributed by atoms with Crippen molar-refractivity contribution in [3.05, 3.63) is 70.8 Å². The fourth-order valence-electron chi connectivity index (χ4n) is 8.47. The zero-order valence-corrected chi connectivity index (χ0v) is 28.5. The van der Waals surface area contributed by atoms with Gasteiger partial charge in [-0.25, -0.2) is 0 Å². The van der Waals surface area contributed by atoms with Crippen LogP contribution in [0.2, 0.25) is 0 Å². The Bertz CT molecular complexity index is 1220. The Kier molecular flexibility index (Phi) is 9.15. The van der Waals surface area contributed by atoms with Crippen LogP contribution in [-0.4, -0.2) is 82.5 Å². The largest absolute Gasteiger partial charge is 0.300 e. The topological polar surface area (TPSA) is 13.0 Å². The molecule has 4 aliphatic rings. The second-order valence-corrected chi connectivity index (χ2v) is 16.0. The maximum Gasteiger partial charge on any atom is 0.0483 e. The molecule has 2 aliphatic carbocycles. The minimum Gasteiger partial charge on any atom is -0.300 e. The van der Waals surface area contributed by atoms with E-state index in [0.717, 1.165) is 31.6 Å². The van der Waals surface area contributed by atoms with Gasteiger partial charge in [-0.3, -0.25) is 14.7 Å². The van der Waals surface area contributed by atoms with Gasteiger partial charge in [0.25, 0.3) is 0 Å². The van der Waals surface area contributed by atoms with Crippen molar-refractivity contribution in [2.75, 3.05) is 45.8 Å². The highest BCUT2D eigenvalue weighted by molar-refractivity contribution is 5.37. The highest BCUT2D eigenvalue weighted by Gasteiger charge is 2.42. The first-order valence-corrected chi connectivity index (χ1v) is 17.7. The zero-order valence-electron chi connectivity index (χ0n) is 28.5. The number of hydrogen-bond donors (Lipinski definition) is 0. The molecule has 0 N–H and O–H groups in total. The minimum atomic E-state index is 0.148. The van der Waals surface area contributed by atoms with E-state index in [1.165, 1.54) is 64.7 Å². The van der Waals surface area contributed by atoms with Gasteiger partial charge < -0.3 is 4.90 Å². The summed E-state index contributed by atoms with van der Waals surface area (Å²) in [6, 6.07) is 20.7. The summed E-state index contributed by atoms with van der Waals surface area (Å²) < 4.78 is 0. The molecule has 0 bridgehead atoms. The number of hydrogen-bond acceptors (Lipinski definition) is 4. The maximum atomic E-state index is 2.90.